The van der Waals surface area contributed by atoms with Crippen molar-refractivity contribution in [3.63, 3.8) is 0 Å². The van der Waals surface area contributed by atoms with E-state index < -0.39 is 23.5 Å². The lowest BCUT2D eigenvalue weighted by atomic mass is 10.1. The van der Waals surface area contributed by atoms with Crippen LogP contribution < -0.4 is 9.64 Å². The third-order valence-electron chi connectivity index (χ3n) is 5.35. The molecular formula is C28H21F4NO2. The molecule has 0 heterocycles. The summed E-state index contributed by atoms with van der Waals surface area (Å²) in [6.07, 6.45) is -4.49. The van der Waals surface area contributed by atoms with Gasteiger partial charge in [0.25, 0.3) is 5.91 Å². The minimum absolute atomic E-state index is 0.0978. The van der Waals surface area contributed by atoms with E-state index in [1.165, 1.54) is 29.2 Å². The predicted molar refractivity (Wildman–Crippen MR) is 126 cm³/mol. The molecule has 1 amide bonds. The summed E-state index contributed by atoms with van der Waals surface area (Å²) < 4.78 is 58.2. The van der Waals surface area contributed by atoms with Crippen LogP contribution >= 0.6 is 0 Å². The fourth-order valence-corrected chi connectivity index (χ4v) is 3.47. The van der Waals surface area contributed by atoms with Crippen molar-refractivity contribution in [1.82, 2.24) is 0 Å². The monoisotopic (exact) mass is 479 g/mol. The molecule has 0 aliphatic heterocycles. The van der Waals surface area contributed by atoms with Crippen LogP contribution in [0.25, 0.3) is 0 Å². The summed E-state index contributed by atoms with van der Waals surface area (Å²) in [6, 6.07) is 26.2. The molecule has 0 aromatic heterocycles. The van der Waals surface area contributed by atoms with Crippen LogP contribution in [0.1, 0.15) is 27.0 Å². The summed E-state index contributed by atoms with van der Waals surface area (Å²) in [5.74, 6) is -0.313. The van der Waals surface area contributed by atoms with E-state index in [2.05, 4.69) is 0 Å². The van der Waals surface area contributed by atoms with E-state index in [9.17, 15) is 22.4 Å². The number of alkyl halides is 3. The Labute approximate surface area is 200 Å². The number of amides is 1. The first-order chi connectivity index (χ1) is 16.8. The van der Waals surface area contributed by atoms with E-state index >= 15 is 0 Å². The SMILES string of the molecule is O=C(c1ccc(F)cc1)N(Cc1ccc(OCc2ccccc2)cc1)c1ccc(C(F)(F)F)cc1. The van der Waals surface area contributed by atoms with Crippen LogP contribution in [-0.4, -0.2) is 5.91 Å². The lowest BCUT2D eigenvalue weighted by molar-refractivity contribution is -0.137. The van der Waals surface area contributed by atoms with E-state index in [-0.39, 0.29) is 17.8 Å². The van der Waals surface area contributed by atoms with Crippen molar-refractivity contribution in [3.8, 4) is 5.75 Å². The molecule has 0 radical (unpaired) electrons. The fourth-order valence-electron chi connectivity index (χ4n) is 3.47. The molecule has 0 aliphatic rings. The van der Waals surface area contributed by atoms with Gasteiger partial charge in [-0.3, -0.25) is 4.79 Å². The number of hydrogen-bond donors (Lipinski definition) is 0. The van der Waals surface area contributed by atoms with Gasteiger partial charge < -0.3 is 9.64 Å². The minimum atomic E-state index is -4.49. The third kappa shape index (κ3) is 6.26. The van der Waals surface area contributed by atoms with Gasteiger partial charge in [0.1, 0.15) is 18.2 Å². The summed E-state index contributed by atoms with van der Waals surface area (Å²) in [7, 11) is 0. The summed E-state index contributed by atoms with van der Waals surface area (Å²) in [5, 5.41) is 0. The van der Waals surface area contributed by atoms with Crippen molar-refractivity contribution < 1.29 is 27.1 Å². The van der Waals surface area contributed by atoms with E-state index in [0.717, 1.165) is 35.4 Å². The molecule has 35 heavy (non-hydrogen) atoms. The van der Waals surface area contributed by atoms with Crippen LogP contribution in [-0.2, 0) is 19.3 Å². The molecule has 178 valence electrons. The van der Waals surface area contributed by atoms with Gasteiger partial charge in [0, 0.05) is 11.3 Å². The average molecular weight is 479 g/mol. The molecule has 3 nitrogen and oxygen atoms in total. The van der Waals surface area contributed by atoms with Crippen molar-refractivity contribution in [3.05, 3.63) is 131 Å². The van der Waals surface area contributed by atoms with E-state index in [1.807, 2.05) is 30.3 Å². The molecule has 0 unspecified atom stereocenters. The molecule has 0 fully saturated rings. The maximum Gasteiger partial charge on any atom is 0.416 e. The zero-order valence-corrected chi connectivity index (χ0v) is 18.5. The van der Waals surface area contributed by atoms with Crippen LogP contribution in [0.15, 0.2) is 103 Å². The van der Waals surface area contributed by atoms with Crippen molar-refractivity contribution >= 4 is 11.6 Å². The summed E-state index contributed by atoms with van der Waals surface area (Å²) >= 11 is 0. The summed E-state index contributed by atoms with van der Waals surface area (Å²) in [5.41, 5.74) is 1.46. The van der Waals surface area contributed by atoms with Gasteiger partial charge in [0.2, 0.25) is 0 Å². The Hall–Kier alpha value is -4.13. The highest BCUT2D eigenvalue weighted by atomic mass is 19.4. The average Bonchev–Trinajstić information content (AvgIpc) is 2.87. The highest BCUT2D eigenvalue weighted by Gasteiger charge is 2.30. The lowest BCUT2D eigenvalue weighted by Crippen LogP contribution is -2.30. The number of anilines is 1. The van der Waals surface area contributed by atoms with Crippen molar-refractivity contribution in [2.45, 2.75) is 19.3 Å². The highest BCUT2D eigenvalue weighted by Crippen LogP contribution is 2.31. The molecule has 0 bridgehead atoms. The molecule has 4 aromatic carbocycles. The minimum Gasteiger partial charge on any atom is -0.489 e. The number of carbonyl (C=O) groups is 1. The van der Waals surface area contributed by atoms with Gasteiger partial charge in [-0.2, -0.15) is 13.2 Å². The Bertz CT molecular complexity index is 1250. The normalized spacial score (nSPS) is 11.2. The largest absolute Gasteiger partial charge is 0.489 e. The first-order valence-corrected chi connectivity index (χ1v) is 10.8. The molecule has 0 aliphatic carbocycles. The number of ether oxygens (including phenoxy) is 1. The Balaban J connectivity index is 1.55. The molecule has 0 spiro atoms. The first-order valence-electron chi connectivity index (χ1n) is 10.8. The molecule has 7 heteroatoms. The molecule has 0 saturated heterocycles. The van der Waals surface area contributed by atoms with E-state index in [0.29, 0.717) is 12.4 Å². The van der Waals surface area contributed by atoms with Crippen LogP contribution in [0.3, 0.4) is 0 Å². The Morgan fingerprint density at radius 2 is 1.37 bits per heavy atom. The number of hydrogen-bond acceptors (Lipinski definition) is 2. The van der Waals surface area contributed by atoms with Crippen molar-refractivity contribution in [2.24, 2.45) is 0 Å². The van der Waals surface area contributed by atoms with Gasteiger partial charge in [0.15, 0.2) is 0 Å². The van der Waals surface area contributed by atoms with Crippen LogP contribution in [0.2, 0.25) is 0 Å². The smallest absolute Gasteiger partial charge is 0.416 e. The number of halogens is 4. The third-order valence-corrected chi connectivity index (χ3v) is 5.35. The molecule has 0 saturated carbocycles. The Morgan fingerprint density at radius 3 is 1.97 bits per heavy atom. The summed E-state index contributed by atoms with van der Waals surface area (Å²) in [4.78, 5) is 14.6. The second-order valence-electron chi connectivity index (χ2n) is 7.86. The van der Waals surface area contributed by atoms with E-state index in [1.54, 1.807) is 24.3 Å². The standard InChI is InChI=1S/C28H21F4NO2/c29-24-12-8-22(9-13-24)27(34)33(25-14-10-23(11-15-25)28(30,31)32)18-20-6-16-26(17-7-20)35-19-21-4-2-1-3-5-21/h1-17H,18-19H2. The summed E-state index contributed by atoms with van der Waals surface area (Å²) in [6.45, 7) is 0.501. The van der Waals surface area contributed by atoms with E-state index in [4.69, 9.17) is 4.74 Å². The second-order valence-corrected chi connectivity index (χ2v) is 7.86. The Morgan fingerprint density at radius 1 is 0.743 bits per heavy atom. The number of carbonyl (C=O) groups excluding carboxylic acids is 1. The molecule has 4 aromatic rings. The number of nitrogens with zero attached hydrogens (tertiary/aromatic N) is 1. The predicted octanol–water partition coefficient (Wildman–Crippen LogP) is 7.27. The van der Waals surface area contributed by atoms with Gasteiger partial charge >= 0.3 is 6.18 Å². The fraction of sp³-hybridized carbons (Fsp3) is 0.107. The van der Waals surface area contributed by atoms with Crippen LogP contribution in [0, 0.1) is 5.82 Å². The maximum absolute atomic E-state index is 13.3. The molecular weight excluding hydrogens is 458 g/mol. The lowest BCUT2D eigenvalue weighted by Gasteiger charge is -2.24. The van der Waals surface area contributed by atoms with Crippen LogP contribution in [0.4, 0.5) is 23.2 Å². The first kappa shape index (κ1) is 24.0. The second kappa shape index (κ2) is 10.4. The number of benzene rings is 4. The van der Waals surface area contributed by atoms with Gasteiger partial charge in [0.05, 0.1) is 12.1 Å². The quantitative estimate of drug-likeness (QED) is 0.261. The van der Waals surface area contributed by atoms with Gasteiger partial charge in [-0.15, -0.1) is 0 Å². The Kier molecular flexibility index (Phi) is 7.15. The van der Waals surface area contributed by atoms with Crippen molar-refractivity contribution in [2.75, 3.05) is 4.90 Å². The maximum atomic E-state index is 13.3. The zero-order valence-electron chi connectivity index (χ0n) is 18.5. The number of rotatable bonds is 7. The van der Waals surface area contributed by atoms with Crippen LogP contribution in [0.5, 0.6) is 5.75 Å². The zero-order chi connectivity index (χ0) is 24.8. The van der Waals surface area contributed by atoms with Gasteiger partial charge in [-0.1, -0.05) is 42.5 Å². The highest BCUT2D eigenvalue weighted by molar-refractivity contribution is 6.06. The molecule has 0 N–H and O–H groups in total. The van der Waals surface area contributed by atoms with Crippen molar-refractivity contribution in [1.29, 1.82) is 0 Å². The molecule has 4 rings (SSSR count). The van der Waals surface area contributed by atoms with Gasteiger partial charge in [-0.25, -0.2) is 4.39 Å². The molecule has 0 atom stereocenters. The van der Waals surface area contributed by atoms with Gasteiger partial charge in [-0.05, 0) is 71.8 Å². The topological polar surface area (TPSA) is 29.5 Å².